The molecule has 7 atom stereocenters. The highest BCUT2D eigenvalue weighted by Gasteiger charge is 2.70. The zero-order chi connectivity index (χ0) is 16.7. The molecule has 0 spiro atoms. The topological polar surface area (TPSA) is 48.7 Å². The van der Waals surface area contributed by atoms with Gasteiger partial charge in [-0.2, -0.15) is 0 Å². The molecule has 0 radical (unpaired) electrons. The maximum absolute atomic E-state index is 12.5. The number of furan rings is 1. The molecule has 3 fully saturated rings. The lowest BCUT2D eigenvalue weighted by molar-refractivity contribution is -0.256. The van der Waals surface area contributed by atoms with Crippen LogP contribution in [0, 0.1) is 22.7 Å². The van der Waals surface area contributed by atoms with Crippen LogP contribution in [0.3, 0.4) is 0 Å². The van der Waals surface area contributed by atoms with Gasteiger partial charge in [0.2, 0.25) is 0 Å². The van der Waals surface area contributed by atoms with Gasteiger partial charge in [0.05, 0.1) is 24.7 Å². The van der Waals surface area contributed by atoms with Crippen molar-refractivity contribution in [2.45, 2.75) is 58.3 Å². The molecule has 1 aromatic heterocycles. The first kappa shape index (κ1) is 14.8. The van der Waals surface area contributed by atoms with Crippen molar-refractivity contribution in [2.75, 3.05) is 0 Å². The first-order valence-electron chi connectivity index (χ1n) is 9.05. The minimum absolute atomic E-state index is 0.0214. The van der Waals surface area contributed by atoms with Crippen molar-refractivity contribution in [1.29, 1.82) is 0 Å². The monoisotopic (exact) mass is 328 g/mol. The van der Waals surface area contributed by atoms with E-state index in [1.807, 2.05) is 6.07 Å². The molecule has 2 bridgehead atoms. The number of hydrogen-bond acceptors (Lipinski definition) is 4. The Morgan fingerprint density at radius 2 is 2.12 bits per heavy atom. The summed E-state index contributed by atoms with van der Waals surface area (Å²) in [6.07, 6.45) is 8.47. The number of esters is 1. The third-order valence-electron chi connectivity index (χ3n) is 7.64. The number of rotatable bonds is 1. The fourth-order valence-electron chi connectivity index (χ4n) is 6.24. The van der Waals surface area contributed by atoms with E-state index in [0.29, 0.717) is 11.8 Å². The fourth-order valence-corrected chi connectivity index (χ4v) is 6.24. The van der Waals surface area contributed by atoms with Crippen molar-refractivity contribution < 1.29 is 18.7 Å². The van der Waals surface area contributed by atoms with Gasteiger partial charge in [0, 0.05) is 16.6 Å². The molecule has 1 aromatic rings. The van der Waals surface area contributed by atoms with Crippen LogP contribution >= 0.6 is 0 Å². The summed E-state index contributed by atoms with van der Waals surface area (Å²) in [5.41, 5.74) is 1.92. The van der Waals surface area contributed by atoms with E-state index in [1.165, 1.54) is 0 Å². The molecule has 5 rings (SSSR count). The van der Waals surface area contributed by atoms with Crippen molar-refractivity contribution in [3.05, 3.63) is 35.8 Å². The molecule has 0 amide bonds. The molecule has 1 saturated carbocycles. The zero-order valence-electron chi connectivity index (χ0n) is 14.5. The average Bonchev–Trinajstić information content (AvgIpc) is 3.16. The Morgan fingerprint density at radius 3 is 2.88 bits per heavy atom. The maximum Gasteiger partial charge on any atom is 0.334 e. The molecule has 0 N–H and O–H groups in total. The fraction of sp³-hybridized carbons (Fsp3) is 0.650. The molecule has 0 aromatic carbocycles. The van der Waals surface area contributed by atoms with Crippen LogP contribution in [0.15, 0.2) is 34.7 Å². The van der Waals surface area contributed by atoms with E-state index >= 15 is 0 Å². The van der Waals surface area contributed by atoms with E-state index in [2.05, 4.69) is 26.8 Å². The quantitative estimate of drug-likeness (QED) is 0.730. The Kier molecular flexibility index (Phi) is 2.79. The Bertz CT molecular complexity index is 720. The molecule has 0 unspecified atom stereocenters. The number of fused-ring (bicyclic) bond motifs is 4. The number of allylic oxidation sites excluding steroid dienone is 1. The Balaban J connectivity index is 1.64. The van der Waals surface area contributed by atoms with Crippen molar-refractivity contribution in [2.24, 2.45) is 22.7 Å². The predicted molar refractivity (Wildman–Crippen MR) is 87.0 cm³/mol. The molecule has 4 nitrogen and oxygen atoms in total. The minimum atomic E-state index is -0.206. The van der Waals surface area contributed by atoms with Crippen LogP contribution < -0.4 is 0 Å². The summed E-state index contributed by atoms with van der Waals surface area (Å²) in [6.45, 7) is 6.91. The van der Waals surface area contributed by atoms with Gasteiger partial charge in [-0.15, -0.1) is 0 Å². The van der Waals surface area contributed by atoms with Gasteiger partial charge >= 0.3 is 5.97 Å². The van der Waals surface area contributed by atoms with Crippen molar-refractivity contribution >= 4 is 5.97 Å². The summed E-state index contributed by atoms with van der Waals surface area (Å²) in [5.74, 6) is 0.694. The summed E-state index contributed by atoms with van der Waals surface area (Å²) in [4.78, 5) is 12.5. The van der Waals surface area contributed by atoms with E-state index in [9.17, 15) is 4.79 Å². The molecular formula is C20H24O4. The van der Waals surface area contributed by atoms with Crippen LogP contribution in [0.2, 0.25) is 0 Å². The van der Waals surface area contributed by atoms with Gasteiger partial charge < -0.3 is 13.9 Å². The lowest BCUT2D eigenvalue weighted by Crippen LogP contribution is -2.64. The van der Waals surface area contributed by atoms with Gasteiger partial charge in [-0.3, -0.25) is 0 Å². The lowest BCUT2D eigenvalue weighted by Gasteiger charge is -2.63. The second kappa shape index (κ2) is 4.54. The lowest BCUT2D eigenvalue weighted by atomic mass is 9.44. The molecule has 128 valence electrons. The highest BCUT2D eigenvalue weighted by Crippen LogP contribution is 2.68. The highest BCUT2D eigenvalue weighted by atomic mass is 16.6. The number of hydrogen-bond donors (Lipinski definition) is 0. The molecule has 4 heteroatoms. The summed E-state index contributed by atoms with van der Waals surface area (Å²) in [5, 5.41) is 0. The van der Waals surface area contributed by atoms with Crippen LogP contribution in [-0.4, -0.2) is 18.2 Å². The Hall–Kier alpha value is -1.55. The average molecular weight is 328 g/mol. The van der Waals surface area contributed by atoms with E-state index in [0.717, 1.165) is 30.4 Å². The second-order valence-electron chi connectivity index (χ2n) is 8.50. The SMILES string of the molecule is C[C@H]1[C@@H]2O[C@@H](c3ccoc3)C[C@@]1(C)[C@H]1CCC=C3C(=O)O[C@H]2[C@@]31C. The van der Waals surface area contributed by atoms with E-state index in [1.54, 1.807) is 12.5 Å². The maximum atomic E-state index is 12.5. The van der Waals surface area contributed by atoms with Crippen LogP contribution in [0.5, 0.6) is 0 Å². The first-order valence-corrected chi connectivity index (χ1v) is 9.05. The zero-order valence-corrected chi connectivity index (χ0v) is 14.5. The summed E-state index contributed by atoms with van der Waals surface area (Å²) in [6, 6.07) is 1.99. The molecular weight excluding hydrogens is 304 g/mol. The standard InChI is InChI=1S/C20H24O4/c1-11-16-17-20(3)13(18(21)24-17)5-4-6-15(20)19(11,2)9-14(23-16)12-7-8-22-10-12/h5,7-8,10-11,14-17H,4,6,9H2,1-3H3/t11-,14+,15+,16-,17+,19+,20-/m0/s1. The van der Waals surface area contributed by atoms with Gasteiger partial charge in [-0.05, 0) is 42.6 Å². The van der Waals surface area contributed by atoms with Crippen LogP contribution in [0.1, 0.15) is 51.7 Å². The van der Waals surface area contributed by atoms with Crippen LogP contribution in [-0.2, 0) is 14.3 Å². The molecule has 2 saturated heterocycles. The smallest absolute Gasteiger partial charge is 0.334 e. The molecule has 2 aliphatic carbocycles. The van der Waals surface area contributed by atoms with Gasteiger partial charge in [-0.25, -0.2) is 4.79 Å². The summed E-state index contributed by atoms with van der Waals surface area (Å²) >= 11 is 0. The summed E-state index contributed by atoms with van der Waals surface area (Å²) < 4.78 is 17.7. The number of carbonyl (C=O) groups excluding carboxylic acids is 1. The van der Waals surface area contributed by atoms with Crippen molar-refractivity contribution in [3.8, 4) is 0 Å². The Morgan fingerprint density at radius 1 is 1.29 bits per heavy atom. The van der Waals surface area contributed by atoms with E-state index < -0.39 is 0 Å². The van der Waals surface area contributed by atoms with Gasteiger partial charge in [0.15, 0.2) is 0 Å². The minimum Gasteiger partial charge on any atom is -0.472 e. The first-order chi connectivity index (χ1) is 11.5. The summed E-state index contributed by atoms with van der Waals surface area (Å²) in [7, 11) is 0. The second-order valence-corrected chi connectivity index (χ2v) is 8.50. The van der Waals surface area contributed by atoms with Crippen molar-refractivity contribution in [1.82, 2.24) is 0 Å². The van der Waals surface area contributed by atoms with Crippen LogP contribution in [0.4, 0.5) is 0 Å². The van der Waals surface area contributed by atoms with Crippen molar-refractivity contribution in [3.63, 3.8) is 0 Å². The largest absolute Gasteiger partial charge is 0.472 e. The van der Waals surface area contributed by atoms with Crippen LogP contribution in [0.25, 0.3) is 0 Å². The van der Waals surface area contributed by atoms with E-state index in [4.69, 9.17) is 13.9 Å². The Labute approximate surface area is 142 Å². The van der Waals surface area contributed by atoms with E-state index in [-0.39, 0.29) is 35.1 Å². The van der Waals surface area contributed by atoms with Gasteiger partial charge in [0.1, 0.15) is 6.10 Å². The molecule has 3 heterocycles. The normalized spacial score (nSPS) is 49.4. The molecule has 24 heavy (non-hydrogen) atoms. The number of ether oxygens (including phenoxy) is 2. The highest BCUT2D eigenvalue weighted by molar-refractivity contribution is 5.93. The molecule has 2 aliphatic heterocycles. The third-order valence-corrected chi connectivity index (χ3v) is 7.64. The molecule has 4 aliphatic rings. The number of carbonyl (C=O) groups is 1. The van der Waals surface area contributed by atoms with Gasteiger partial charge in [-0.1, -0.05) is 26.8 Å². The third kappa shape index (κ3) is 1.56. The van der Waals surface area contributed by atoms with Gasteiger partial charge in [0.25, 0.3) is 0 Å². The predicted octanol–water partition coefficient (Wildman–Crippen LogP) is 4.03.